The maximum Gasteiger partial charge on any atom is 0.335 e. The van der Waals surface area contributed by atoms with Gasteiger partial charge < -0.3 is 9.67 Å². The van der Waals surface area contributed by atoms with E-state index in [2.05, 4.69) is 10.3 Å². The Morgan fingerprint density at radius 1 is 1.09 bits per heavy atom. The summed E-state index contributed by atoms with van der Waals surface area (Å²) >= 11 is 5.21. The number of anilines is 1. The molecule has 2 N–H and O–H groups in total. The summed E-state index contributed by atoms with van der Waals surface area (Å²) in [6.07, 6.45) is 3.26. The standard InChI is InChI=1S/C24H20N4O4S/c1-13-8-9-25-20(10-13)27-14(2)11-17(15(27)3)12-19-21(29)26-24(33)28(22(19)30)18-6-4-16(5-7-18)23(31)32/h4-12H,1-3H3,(H,31,32)(H,26,29,33)/b19-12+. The maximum atomic E-state index is 13.3. The summed E-state index contributed by atoms with van der Waals surface area (Å²) in [5.41, 5.74) is 3.84. The van der Waals surface area contributed by atoms with Crippen molar-refractivity contribution in [3.05, 3.63) is 82.3 Å². The number of aromatic nitrogens is 2. The Morgan fingerprint density at radius 3 is 2.42 bits per heavy atom. The van der Waals surface area contributed by atoms with Gasteiger partial charge >= 0.3 is 5.97 Å². The Bertz CT molecular complexity index is 1360. The lowest BCUT2D eigenvalue weighted by Crippen LogP contribution is -2.54. The Balaban J connectivity index is 1.74. The zero-order valence-electron chi connectivity index (χ0n) is 18.1. The van der Waals surface area contributed by atoms with Crippen LogP contribution in [0.1, 0.15) is 32.9 Å². The highest BCUT2D eigenvalue weighted by atomic mass is 32.1. The fraction of sp³-hybridized carbons (Fsp3) is 0.125. The molecule has 1 aromatic carbocycles. The van der Waals surface area contributed by atoms with Crippen LogP contribution in [-0.4, -0.2) is 37.6 Å². The molecule has 3 heterocycles. The first kappa shape index (κ1) is 22.1. The molecule has 0 radical (unpaired) electrons. The number of benzene rings is 1. The molecular formula is C24H20N4O4S. The quantitative estimate of drug-likeness (QED) is 0.352. The largest absolute Gasteiger partial charge is 0.478 e. The van der Waals surface area contributed by atoms with E-state index in [9.17, 15) is 14.4 Å². The lowest BCUT2D eigenvalue weighted by Gasteiger charge is -2.29. The summed E-state index contributed by atoms with van der Waals surface area (Å²) in [6, 6.07) is 11.4. The number of hydrogen-bond donors (Lipinski definition) is 2. The second-order valence-corrected chi connectivity index (χ2v) is 8.05. The van der Waals surface area contributed by atoms with Crippen LogP contribution in [0.3, 0.4) is 0 Å². The number of thiocarbonyl (C=S) groups is 1. The average molecular weight is 461 g/mol. The smallest absolute Gasteiger partial charge is 0.335 e. The number of amides is 2. The lowest BCUT2D eigenvalue weighted by atomic mass is 10.1. The molecule has 1 aliphatic rings. The fourth-order valence-electron chi connectivity index (χ4n) is 3.73. The first-order chi connectivity index (χ1) is 15.7. The number of aromatic carboxylic acids is 1. The lowest BCUT2D eigenvalue weighted by molar-refractivity contribution is -0.122. The average Bonchev–Trinajstić information content (AvgIpc) is 3.04. The van der Waals surface area contributed by atoms with Crippen LogP contribution in [0.15, 0.2) is 54.2 Å². The number of carbonyl (C=O) groups is 3. The van der Waals surface area contributed by atoms with Crippen LogP contribution < -0.4 is 10.2 Å². The van der Waals surface area contributed by atoms with E-state index in [1.165, 1.54) is 35.2 Å². The molecule has 0 unspecified atom stereocenters. The van der Waals surface area contributed by atoms with Gasteiger partial charge in [-0.15, -0.1) is 0 Å². The third kappa shape index (κ3) is 4.06. The summed E-state index contributed by atoms with van der Waals surface area (Å²) in [5, 5.41) is 11.6. The van der Waals surface area contributed by atoms with E-state index in [4.69, 9.17) is 17.3 Å². The first-order valence-electron chi connectivity index (χ1n) is 10.0. The minimum absolute atomic E-state index is 0.0698. The second kappa shape index (κ2) is 8.44. The van der Waals surface area contributed by atoms with Crippen molar-refractivity contribution in [3.8, 4) is 5.82 Å². The first-order valence-corrected chi connectivity index (χ1v) is 10.4. The van der Waals surface area contributed by atoms with Gasteiger partial charge in [0, 0.05) is 17.6 Å². The van der Waals surface area contributed by atoms with Crippen molar-refractivity contribution >= 4 is 46.9 Å². The van der Waals surface area contributed by atoms with Crippen molar-refractivity contribution in [1.82, 2.24) is 14.9 Å². The van der Waals surface area contributed by atoms with E-state index in [-0.39, 0.29) is 16.2 Å². The summed E-state index contributed by atoms with van der Waals surface area (Å²) in [5.74, 6) is -1.52. The number of pyridine rings is 1. The summed E-state index contributed by atoms with van der Waals surface area (Å²) < 4.78 is 1.96. The zero-order valence-corrected chi connectivity index (χ0v) is 18.9. The van der Waals surface area contributed by atoms with Gasteiger partial charge in [0.25, 0.3) is 11.8 Å². The number of carboxylic acid groups (broad SMARTS) is 1. The number of carboxylic acids is 1. The topological polar surface area (TPSA) is 105 Å². The number of hydrogen-bond acceptors (Lipinski definition) is 5. The van der Waals surface area contributed by atoms with Crippen molar-refractivity contribution in [2.75, 3.05) is 4.90 Å². The molecule has 8 nitrogen and oxygen atoms in total. The van der Waals surface area contributed by atoms with Crippen molar-refractivity contribution < 1.29 is 19.5 Å². The third-order valence-corrected chi connectivity index (χ3v) is 5.66. The molecule has 0 bridgehead atoms. The van der Waals surface area contributed by atoms with E-state index < -0.39 is 17.8 Å². The third-order valence-electron chi connectivity index (χ3n) is 5.37. The Hall–Kier alpha value is -4.11. The van der Waals surface area contributed by atoms with Crippen molar-refractivity contribution in [1.29, 1.82) is 0 Å². The minimum Gasteiger partial charge on any atom is -0.478 e. The number of carbonyl (C=O) groups excluding carboxylic acids is 2. The van der Waals surface area contributed by atoms with E-state index >= 15 is 0 Å². The van der Waals surface area contributed by atoms with Gasteiger partial charge in [0.15, 0.2) is 5.11 Å². The molecule has 0 atom stereocenters. The molecule has 1 saturated heterocycles. The molecule has 1 fully saturated rings. The number of nitrogens with zero attached hydrogens (tertiary/aromatic N) is 3. The molecule has 166 valence electrons. The number of rotatable bonds is 4. The predicted molar refractivity (Wildman–Crippen MR) is 127 cm³/mol. The minimum atomic E-state index is -1.08. The molecule has 0 spiro atoms. The number of aryl methyl sites for hydroxylation is 2. The second-order valence-electron chi connectivity index (χ2n) is 7.66. The highest BCUT2D eigenvalue weighted by molar-refractivity contribution is 7.80. The zero-order chi connectivity index (χ0) is 23.9. The van der Waals surface area contributed by atoms with Gasteiger partial charge in [-0.3, -0.25) is 19.8 Å². The van der Waals surface area contributed by atoms with E-state index in [1.807, 2.05) is 43.5 Å². The Kier molecular flexibility index (Phi) is 5.65. The predicted octanol–water partition coefficient (Wildman–Crippen LogP) is 3.33. The maximum absolute atomic E-state index is 13.3. The fourth-order valence-corrected chi connectivity index (χ4v) is 4.01. The van der Waals surface area contributed by atoms with Crippen LogP contribution in [0, 0.1) is 20.8 Å². The molecule has 33 heavy (non-hydrogen) atoms. The molecule has 2 amide bonds. The highest BCUT2D eigenvalue weighted by Crippen LogP contribution is 2.26. The van der Waals surface area contributed by atoms with Crippen molar-refractivity contribution in [3.63, 3.8) is 0 Å². The molecule has 0 saturated carbocycles. The van der Waals surface area contributed by atoms with E-state index in [0.717, 1.165) is 22.8 Å². The Labute approximate surface area is 195 Å². The van der Waals surface area contributed by atoms with Gasteiger partial charge in [-0.2, -0.15) is 0 Å². The van der Waals surface area contributed by atoms with Gasteiger partial charge in [0.2, 0.25) is 0 Å². The number of nitrogens with one attached hydrogen (secondary N) is 1. The monoisotopic (exact) mass is 460 g/mol. The van der Waals surface area contributed by atoms with Crippen LogP contribution in [0.4, 0.5) is 5.69 Å². The van der Waals surface area contributed by atoms with E-state index in [1.54, 1.807) is 6.20 Å². The molecule has 9 heteroatoms. The molecule has 0 aliphatic carbocycles. The molecular weight excluding hydrogens is 440 g/mol. The van der Waals surface area contributed by atoms with Crippen LogP contribution in [-0.2, 0) is 9.59 Å². The molecule has 3 aromatic rings. The van der Waals surface area contributed by atoms with Crippen LogP contribution in [0.25, 0.3) is 11.9 Å². The summed E-state index contributed by atoms with van der Waals surface area (Å²) in [4.78, 5) is 42.6. The Morgan fingerprint density at radius 2 is 1.79 bits per heavy atom. The van der Waals surface area contributed by atoms with Crippen molar-refractivity contribution in [2.45, 2.75) is 20.8 Å². The van der Waals surface area contributed by atoms with Crippen LogP contribution >= 0.6 is 12.2 Å². The van der Waals surface area contributed by atoms with Gasteiger partial charge in [-0.1, -0.05) is 0 Å². The van der Waals surface area contributed by atoms with Gasteiger partial charge in [-0.25, -0.2) is 9.78 Å². The van der Waals surface area contributed by atoms with E-state index in [0.29, 0.717) is 11.3 Å². The van der Waals surface area contributed by atoms with Crippen LogP contribution in [0.5, 0.6) is 0 Å². The SMILES string of the molecule is Cc1ccnc(-n2c(C)cc(/C=C3\C(=O)NC(=S)N(c4ccc(C(=O)O)cc4)C3=O)c2C)c1. The molecule has 2 aromatic heterocycles. The van der Waals surface area contributed by atoms with Crippen molar-refractivity contribution in [2.24, 2.45) is 0 Å². The molecule has 4 rings (SSSR count). The van der Waals surface area contributed by atoms with Crippen LogP contribution in [0.2, 0.25) is 0 Å². The molecule has 1 aliphatic heterocycles. The van der Waals surface area contributed by atoms with Gasteiger partial charge in [0.1, 0.15) is 11.4 Å². The van der Waals surface area contributed by atoms with Gasteiger partial charge in [-0.05, 0) is 92.7 Å². The summed E-state index contributed by atoms with van der Waals surface area (Å²) in [7, 11) is 0. The normalized spacial score (nSPS) is 15.2. The summed E-state index contributed by atoms with van der Waals surface area (Å²) in [6.45, 7) is 5.79. The highest BCUT2D eigenvalue weighted by Gasteiger charge is 2.34. The van der Waals surface area contributed by atoms with Gasteiger partial charge in [0.05, 0.1) is 11.3 Å².